The molecule has 0 aromatic carbocycles. The van der Waals surface area contributed by atoms with Gasteiger partial charge in [-0.05, 0) is 19.3 Å². The molecule has 2 aromatic heterocycles. The van der Waals surface area contributed by atoms with Gasteiger partial charge in [0.2, 0.25) is 5.76 Å². The van der Waals surface area contributed by atoms with Crippen LogP contribution in [0, 0.1) is 6.92 Å². The number of hydrogen-bond acceptors (Lipinski definition) is 4. The lowest BCUT2D eigenvalue weighted by atomic mass is 10.1. The summed E-state index contributed by atoms with van der Waals surface area (Å²) in [4.78, 5) is 18.9. The first kappa shape index (κ1) is 14.8. The molecular weight excluding hydrogens is 280 g/mol. The van der Waals surface area contributed by atoms with Crippen LogP contribution in [0.15, 0.2) is 16.8 Å². The van der Waals surface area contributed by atoms with Gasteiger partial charge in [-0.1, -0.05) is 19.0 Å². The largest absolute Gasteiger partial charge is 0.351 e. The second-order valence-electron chi connectivity index (χ2n) is 6.36. The van der Waals surface area contributed by atoms with Crippen LogP contribution in [0.4, 0.5) is 0 Å². The van der Waals surface area contributed by atoms with E-state index in [-0.39, 0.29) is 17.7 Å². The third-order valence-electron chi connectivity index (χ3n) is 4.20. The number of rotatable bonds is 3. The van der Waals surface area contributed by atoms with Gasteiger partial charge in [-0.25, -0.2) is 4.98 Å². The van der Waals surface area contributed by atoms with E-state index in [1.807, 2.05) is 38.9 Å². The van der Waals surface area contributed by atoms with Crippen molar-refractivity contribution in [2.45, 2.75) is 39.0 Å². The zero-order valence-electron chi connectivity index (χ0n) is 13.5. The molecule has 6 heteroatoms. The minimum atomic E-state index is -0.0761. The minimum absolute atomic E-state index is 0.0761. The maximum absolute atomic E-state index is 12.5. The molecule has 0 radical (unpaired) electrons. The second kappa shape index (κ2) is 5.59. The summed E-state index contributed by atoms with van der Waals surface area (Å²) in [6, 6.07) is 1.76. The summed E-state index contributed by atoms with van der Waals surface area (Å²) in [5.74, 6) is 1.85. The van der Waals surface area contributed by atoms with Crippen LogP contribution in [0.25, 0.3) is 0 Å². The fourth-order valence-corrected chi connectivity index (χ4v) is 2.99. The van der Waals surface area contributed by atoms with Gasteiger partial charge < -0.3 is 14.0 Å². The molecule has 3 rings (SSSR count). The zero-order valence-corrected chi connectivity index (χ0v) is 13.5. The topological polar surface area (TPSA) is 64.2 Å². The van der Waals surface area contributed by atoms with Crippen molar-refractivity contribution in [1.82, 2.24) is 19.6 Å². The van der Waals surface area contributed by atoms with Gasteiger partial charge in [-0.3, -0.25) is 4.79 Å². The lowest BCUT2D eigenvalue weighted by Crippen LogP contribution is -2.28. The van der Waals surface area contributed by atoms with E-state index in [4.69, 9.17) is 4.52 Å². The average molecular weight is 302 g/mol. The molecule has 22 heavy (non-hydrogen) atoms. The zero-order chi connectivity index (χ0) is 15.9. The van der Waals surface area contributed by atoms with Crippen molar-refractivity contribution in [2.75, 3.05) is 13.1 Å². The summed E-state index contributed by atoms with van der Waals surface area (Å²) >= 11 is 0. The highest BCUT2D eigenvalue weighted by molar-refractivity contribution is 5.91. The number of carbonyl (C=O) groups is 1. The monoisotopic (exact) mass is 302 g/mol. The van der Waals surface area contributed by atoms with Crippen LogP contribution in [0.2, 0.25) is 0 Å². The van der Waals surface area contributed by atoms with Crippen molar-refractivity contribution in [3.05, 3.63) is 35.2 Å². The molecule has 118 valence electrons. The Morgan fingerprint density at radius 1 is 1.45 bits per heavy atom. The van der Waals surface area contributed by atoms with Crippen molar-refractivity contribution in [1.29, 1.82) is 0 Å². The fourth-order valence-electron chi connectivity index (χ4n) is 2.99. The van der Waals surface area contributed by atoms with E-state index < -0.39 is 0 Å². The van der Waals surface area contributed by atoms with Gasteiger partial charge in [0.15, 0.2) is 0 Å². The Labute approximate surface area is 130 Å². The molecule has 1 aliphatic rings. The molecular formula is C16H22N4O2. The van der Waals surface area contributed by atoms with E-state index in [0.717, 1.165) is 30.2 Å². The molecule has 0 unspecified atom stereocenters. The van der Waals surface area contributed by atoms with E-state index >= 15 is 0 Å². The Balaban J connectivity index is 1.71. The van der Waals surface area contributed by atoms with E-state index in [2.05, 4.69) is 14.7 Å². The Hall–Kier alpha value is -2.11. The first-order valence-corrected chi connectivity index (χ1v) is 7.71. The van der Waals surface area contributed by atoms with E-state index in [9.17, 15) is 4.79 Å². The number of aryl methyl sites for hydroxylation is 2. The highest BCUT2D eigenvalue weighted by Crippen LogP contribution is 2.27. The number of hydrogen-bond donors (Lipinski definition) is 0. The summed E-state index contributed by atoms with van der Waals surface area (Å²) < 4.78 is 7.26. The molecule has 0 N–H and O–H groups in total. The maximum atomic E-state index is 12.5. The molecule has 0 spiro atoms. The summed E-state index contributed by atoms with van der Waals surface area (Å²) in [6.45, 7) is 7.46. The summed E-state index contributed by atoms with van der Waals surface area (Å²) in [5.41, 5.74) is 1.83. The van der Waals surface area contributed by atoms with Crippen molar-refractivity contribution >= 4 is 5.91 Å². The number of amides is 1. The summed E-state index contributed by atoms with van der Waals surface area (Å²) in [5, 5.41) is 3.96. The number of aromatic nitrogens is 3. The quantitative estimate of drug-likeness (QED) is 0.873. The van der Waals surface area contributed by atoms with E-state index in [0.29, 0.717) is 12.3 Å². The fraction of sp³-hybridized carbons (Fsp3) is 0.562. The van der Waals surface area contributed by atoms with Gasteiger partial charge in [0, 0.05) is 38.3 Å². The van der Waals surface area contributed by atoms with Crippen LogP contribution < -0.4 is 0 Å². The molecule has 6 nitrogen and oxygen atoms in total. The Kier molecular flexibility index (Phi) is 3.76. The molecule has 1 aliphatic heterocycles. The molecule has 3 heterocycles. The average Bonchev–Trinajstić information content (AvgIpc) is 3.16. The van der Waals surface area contributed by atoms with Crippen molar-refractivity contribution in [3.8, 4) is 0 Å². The number of carbonyl (C=O) groups excluding carboxylic acids is 1. The molecule has 0 aliphatic carbocycles. The van der Waals surface area contributed by atoms with Crippen LogP contribution in [0.1, 0.15) is 59.9 Å². The van der Waals surface area contributed by atoms with Crippen molar-refractivity contribution in [3.63, 3.8) is 0 Å². The molecule has 1 fully saturated rings. The second-order valence-corrected chi connectivity index (χ2v) is 6.36. The summed E-state index contributed by atoms with van der Waals surface area (Å²) in [7, 11) is 2.01. The standard InChI is InChI=1S/C16H22N4O2/c1-10(2)13-7-14(22-18-13)16(21)20-6-5-12(9-20)15-17-11(3)8-19(15)4/h7-8,10,12H,5-6,9H2,1-4H3/t12-/m1/s1. The van der Waals surface area contributed by atoms with Gasteiger partial charge >= 0.3 is 0 Å². The lowest BCUT2D eigenvalue weighted by molar-refractivity contribution is 0.0748. The lowest BCUT2D eigenvalue weighted by Gasteiger charge is -2.14. The minimum Gasteiger partial charge on any atom is -0.351 e. The van der Waals surface area contributed by atoms with Gasteiger partial charge in [-0.2, -0.15) is 0 Å². The molecule has 0 bridgehead atoms. The normalized spacial score (nSPS) is 18.4. The molecule has 1 saturated heterocycles. The van der Waals surface area contributed by atoms with Crippen LogP contribution in [0.5, 0.6) is 0 Å². The Morgan fingerprint density at radius 2 is 2.23 bits per heavy atom. The third-order valence-corrected chi connectivity index (χ3v) is 4.20. The highest BCUT2D eigenvalue weighted by Gasteiger charge is 2.32. The first-order chi connectivity index (χ1) is 10.5. The molecule has 0 saturated carbocycles. The van der Waals surface area contributed by atoms with Gasteiger partial charge in [0.25, 0.3) is 5.91 Å². The molecule has 2 aromatic rings. The SMILES string of the molecule is Cc1cn(C)c([C@@H]2CCN(C(=O)c3cc(C(C)C)no3)C2)n1. The molecule has 1 amide bonds. The Bertz CT molecular complexity index is 686. The highest BCUT2D eigenvalue weighted by atomic mass is 16.5. The van der Waals surface area contributed by atoms with Crippen molar-refractivity contribution in [2.24, 2.45) is 7.05 Å². The Morgan fingerprint density at radius 3 is 2.82 bits per heavy atom. The number of likely N-dealkylation sites (tertiary alicyclic amines) is 1. The van der Waals surface area contributed by atoms with Crippen LogP contribution in [0.3, 0.4) is 0 Å². The molecule has 1 atom stereocenters. The van der Waals surface area contributed by atoms with E-state index in [1.54, 1.807) is 6.07 Å². The van der Waals surface area contributed by atoms with Gasteiger partial charge in [-0.15, -0.1) is 0 Å². The maximum Gasteiger partial charge on any atom is 0.292 e. The third kappa shape index (κ3) is 2.65. The van der Waals surface area contributed by atoms with Crippen LogP contribution >= 0.6 is 0 Å². The summed E-state index contributed by atoms with van der Waals surface area (Å²) in [6.07, 6.45) is 2.95. The first-order valence-electron chi connectivity index (χ1n) is 7.71. The van der Waals surface area contributed by atoms with E-state index in [1.165, 1.54) is 0 Å². The predicted octanol–water partition coefficient (Wildman–Crippen LogP) is 2.47. The number of imidazole rings is 1. The van der Waals surface area contributed by atoms with Gasteiger partial charge in [0.05, 0.1) is 11.4 Å². The van der Waals surface area contributed by atoms with Crippen LogP contribution in [-0.4, -0.2) is 38.6 Å². The smallest absolute Gasteiger partial charge is 0.292 e. The number of nitrogens with zero attached hydrogens (tertiary/aromatic N) is 4. The van der Waals surface area contributed by atoms with Gasteiger partial charge in [0.1, 0.15) is 5.82 Å². The van der Waals surface area contributed by atoms with Crippen molar-refractivity contribution < 1.29 is 9.32 Å². The van der Waals surface area contributed by atoms with Crippen LogP contribution in [-0.2, 0) is 7.05 Å². The predicted molar refractivity (Wildman–Crippen MR) is 81.8 cm³/mol.